The first-order valence-electron chi connectivity index (χ1n) is 8.30. The Morgan fingerprint density at radius 1 is 1.28 bits per heavy atom. The summed E-state index contributed by atoms with van der Waals surface area (Å²) in [5.41, 5.74) is 0.887. The van der Waals surface area contributed by atoms with Gasteiger partial charge in [0.2, 0.25) is 0 Å². The molecule has 1 N–H and O–H groups in total. The lowest BCUT2D eigenvalue weighted by Crippen LogP contribution is -2.32. The highest BCUT2D eigenvalue weighted by Gasteiger charge is 2.20. The van der Waals surface area contributed by atoms with Gasteiger partial charge in [-0.3, -0.25) is 9.62 Å². The summed E-state index contributed by atoms with van der Waals surface area (Å²) in [6, 6.07) is 6.10. The number of rotatable bonds is 5. The molecule has 1 fully saturated rings. The number of aryl methyl sites for hydroxylation is 1. The molecule has 1 aliphatic heterocycles. The first-order valence-corrected chi connectivity index (χ1v) is 11.0. The number of likely N-dealkylation sites (tertiary alicyclic amines) is 1. The zero-order valence-corrected chi connectivity index (χ0v) is 16.7. The molecule has 0 atom stereocenters. The summed E-state index contributed by atoms with van der Waals surface area (Å²) >= 11 is 7.23. The fourth-order valence-electron chi connectivity index (χ4n) is 2.83. The summed E-state index contributed by atoms with van der Waals surface area (Å²) in [5, 5.41) is 0.912. The minimum atomic E-state index is -3.65. The third kappa shape index (κ3) is 4.73. The van der Waals surface area contributed by atoms with Crippen LogP contribution < -0.4 is 4.72 Å². The average molecular weight is 400 g/mol. The fourth-order valence-corrected chi connectivity index (χ4v) is 5.20. The SMILES string of the molecule is Cc1nc(NS(=O)(=O)c2ccc(Cl)cc2)sc1CN1CCC(C)CC1. The van der Waals surface area contributed by atoms with E-state index >= 15 is 0 Å². The Balaban J connectivity index is 1.70. The molecular weight excluding hydrogens is 378 g/mol. The maximum absolute atomic E-state index is 12.5. The Hall–Kier alpha value is -1.15. The van der Waals surface area contributed by atoms with Gasteiger partial charge in [0.25, 0.3) is 10.0 Å². The number of thiazole rings is 1. The molecule has 5 nitrogen and oxygen atoms in total. The second-order valence-electron chi connectivity index (χ2n) is 6.55. The van der Waals surface area contributed by atoms with E-state index in [0.717, 1.165) is 36.1 Å². The van der Waals surface area contributed by atoms with Crippen LogP contribution >= 0.6 is 22.9 Å². The van der Waals surface area contributed by atoms with Gasteiger partial charge >= 0.3 is 0 Å². The van der Waals surface area contributed by atoms with Gasteiger partial charge in [-0.1, -0.05) is 29.9 Å². The minimum Gasteiger partial charge on any atom is -0.298 e. The minimum absolute atomic E-state index is 0.177. The summed E-state index contributed by atoms with van der Waals surface area (Å²) in [6.07, 6.45) is 2.43. The average Bonchev–Trinajstić information content (AvgIpc) is 2.88. The molecule has 2 aromatic rings. The number of aromatic nitrogens is 1. The normalized spacial score (nSPS) is 16.9. The van der Waals surface area contributed by atoms with Gasteiger partial charge in [0.05, 0.1) is 10.6 Å². The molecule has 1 aliphatic rings. The van der Waals surface area contributed by atoms with Crippen molar-refractivity contribution in [1.82, 2.24) is 9.88 Å². The van der Waals surface area contributed by atoms with Crippen molar-refractivity contribution < 1.29 is 8.42 Å². The Morgan fingerprint density at radius 2 is 1.92 bits per heavy atom. The summed E-state index contributed by atoms with van der Waals surface area (Å²) in [7, 11) is -3.65. The Labute approximate surface area is 158 Å². The monoisotopic (exact) mass is 399 g/mol. The molecule has 1 aromatic carbocycles. The van der Waals surface area contributed by atoms with Gasteiger partial charge in [-0.25, -0.2) is 13.4 Å². The van der Waals surface area contributed by atoms with Crippen molar-refractivity contribution in [1.29, 1.82) is 0 Å². The van der Waals surface area contributed by atoms with Crippen LogP contribution in [0, 0.1) is 12.8 Å². The van der Waals surface area contributed by atoms with Gasteiger partial charge in [0.1, 0.15) is 0 Å². The van der Waals surface area contributed by atoms with Crippen LogP contribution in [0.3, 0.4) is 0 Å². The van der Waals surface area contributed by atoms with Crippen molar-refractivity contribution in [2.75, 3.05) is 17.8 Å². The standard InChI is InChI=1S/C17H22ClN3O2S2/c1-12-7-9-21(10-8-12)11-16-13(2)19-17(24-16)20-25(22,23)15-5-3-14(18)4-6-15/h3-6,12H,7-11H2,1-2H3,(H,19,20). The zero-order valence-electron chi connectivity index (χ0n) is 14.3. The van der Waals surface area contributed by atoms with Gasteiger partial charge in [0, 0.05) is 16.4 Å². The van der Waals surface area contributed by atoms with E-state index in [-0.39, 0.29) is 4.90 Å². The van der Waals surface area contributed by atoms with E-state index in [9.17, 15) is 8.42 Å². The molecule has 1 saturated heterocycles. The van der Waals surface area contributed by atoms with Crippen LogP contribution in [-0.2, 0) is 16.6 Å². The van der Waals surface area contributed by atoms with E-state index in [0.29, 0.717) is 10.2 Å². The molecule has 8 heteroatoms. The summed E-state index contributed by atoms with van der Waals surface area (Å²) in [4.78, 5) is 8.10. The van der Waals surface area contributed by atoms with Crippen LogP contribution in [-0.4, -0.2) is 31.4 Å². The summed E-state index contributed by atoms with van der Waals surface area (Å²) in [5.74, 6) is 0.792. The number of nitrogens with one attached hydrogen (secondary N) is 1. The maximum atomic E-state index is 12.5. The van der Waals surface area contributed by atoms with Gasteiger partial charge in [-0.05, 0) is 63.0 Å². The Bertz CT molecular complexity index is 826. The first kappa shape index (κ1) is 18.6. The molecule has 0 bridgehead atoms. The number of benzene rings is 1. The lowest BCUT2D eigenvalue weighted by molar-refractivity contribution is 0.186. The van der Waals surface area contributed by atoms with Gasteiger partial charge in [-0.2, -0.15) is 0 Å². The smallest absolute Gasteiger partial charge is 0.263 e. The van der Waals surface area contributed by atoms with Crippen LogP contribution in [0.2, 0.25) is 5.02 Å². The lowest BCUT2D eigenvalue weighted by Gasteiger charge is -2.29. The topological polar surface area (TPSA) is 62.3 Å². The van der Waals surface area contributed by atoms with E-state index in [1.54, 1.807) is 12.1 Å². The van der Waals surface area contributed by atoms with E-state index in [1.807, 2.05) is 6.92 Å². The van der Waals surface area contributed by atoms with Crippen molar-refractivity contribution in [2.45, 2.75) is 38.1 Å². The Kier molecular flexibility index (Phi) is 5.68. The van der Waals surface area contributed by atoms with Gasteiger partial charge in [0.15, 0.2) is 5.13 Å². The molecule has 2 heterocycles. The second kappa shape index (κ2) is 7.61. The molecule has 0 saturated carbocycles. The molecule has 0 aliphatic carbocycles. The third-order valence-corrected chi connectivity index (χ3v) is 7.28. The third-order valence-electron chi connectivity index (χ3n) is 4.48. The highest BCUT2D eigenvalue weighted by Crippen LogP contribution is 2.28. The molecule has 0 unspecified atom stereocenters. The highest BCUT2D eigenvalue weighted by atomic mass is 35.5. The largest absolute Gasteiger partial charge is 0.298 e. The molecule has 0 spiro atoms. The number of halogens is 1. The number of nitrogens with zero attached hydrogens (tertiary/aromatic N) is 2. The predicted octanol–water partition coefficient (Wildman–Crippen LogP) is 4.14. The van der Waals surface area contributed by atoms with Gasteiger partial charge < -0.3 is 0 Å². The molecule has 3 rings (SSSR count). The number of hydrogen-bond acceptors (Lipinski definition) is 5. The van der Waals surface area contributed by atoms with Gasteiger partial charge in [-0.15, -0.1) is 0 Å². The van der Waals surface area contributed by atoms with Crippen molar-refractivity contribution in [3.8, 4) is 0 Å². The summed E-state index contributed by atoms with van der Waals surface area (Å²) < 4.78 is 27.5. The Morgan fingerprint density at radius 3 is 2.56 bits per heavy atom. The fraction of sp³-hybridized carbons (Fsp3) is 0.471. The zero-order chi connectivity index (χ0) is 18.0. The number of sulfonamides is 1. The van der Waals surface area contributed by atoms with Crippen LogP contribution in [0.15, 0.2) is 29.2 Å². The summed E-state index contributed by atoms with van der Waals surface area (Å²) in [6.45, 7) is 7.23. The van der Waals surface area contributed by atoms with Crippen LogP contribution in [0.25, 0.3) is 0 Å². The van der Waals surface area contributed by atoms with Crippen LogP contribution in [0.5, 0.6) is 0 Å². The van der Waals surface area contributed by atoms with Crippen molar-refractivity contribution in [3.63, 3.8) is 0 Å². The van der Waals surface area contributed by atoms with Crippen molar-refractivity contribution >= 4 is 38.1 Å². The second-order valence-corrected chi connectivity index (χ2v) is 9.75. The van der Waals surface area contributed by atoms with E-state index < -0.39 is 10.0 Å². The lowest BCUT2D eigenvalue weighted by atomic mass is 9.99. The van der Waals surface area contributed by atoms with Crippen molar-refractivity contribution in [2.24, 2.45) is 5.92 Å². The van der Waals surface area contributed by atoms with Crippen LogP contribution in [0.1, 0.15) is 30.3 Å². The molecule has 0 amide bonds. The number of anilines is 1. The molecule has 0 radical (unpaired) electrons. The van der Waals surface area contributed by atoms with E-state index in [2.05, 4.69) is 21.5 Å². The first-order chi connectivity index (χ1) is 11.8. The highest BCUT2D eigenvalue weighted by molar-refractivity contribution is 7.93. The van der Waals surface area contributed by atoms with E-state index in [4.69, 9.17) is 11.6 Å². The molecule has 25 heavy (non-hydrogen) atoms. The predicted molar refractivity (Wildman–Crippen MR) is 103 cm³/mol. The molecule has 136 valence electrons. The van der Waals surface area contributed by atoms with Crippen molar-refractivity contribution in [3.05, 3.63) is 39.9 Å². The van der Waals surface area contributed by atoms with Crippen LogP contribution in [0.4, 0.5) is 5.13 Å². The molecule has 1 aromatic heterocycles. The quantitative estimate of drug-likeness (QED) is 0.820. The molecular formula is C17H22ClN3O2S2. The number of hydrogen-bond donors (Lipinski definition) is 1. The maximum Gasteiger partial charge on any atom is 0.263 e. The van der Waals surface area contributed by atoms with E-state index in [1.165, 1.54) is 36.3 Å². The number of piperidine rings is 1.